The van der Waals surface area contributed by atoms with E-state index in [4.69, 9.17) is 4.55 Å². The van der Waals surface area contributed by atoms with Crippen molar-refractivity contribution in [3.05, 3.63) is 91.0 Å². The lowest BCUT2D eigenvalue weighted by Gasteiger charge is -2.04. The molecule has 0 aliphatic carbocycles. The first-order valence-corrected chi connectivity index (χ1v) is 7.89. The van der Waals surface area contributed by atoms with E-state index < -0.39 is 11.1 Å². The Hall–Kier alpha value is -2.43. The summed E-state index contributed by atoms with van der Waals surface area (Å²) in [5, 5.41) is 3.30. The zero-order chi connectivity index (χ0) is 15.6. The van der Waals surface area contributed by atoms with Crippen molar-refractivity contribution in [2.24, 2.45) is 0 Å². The highest BCUT2D eigenvalue weighted by Gasteiger charge is 1.93. The van der Waals surface area contributed by atoms with Crippen molar-refractivity contribution in [3.63, 3.8) is 0 Å². The van der Waals surface area contributed by atoms with Gasteiger partial charge < -0.3 is 9.87 Å². The minimum Gasteiger partial charge on any atom is -0.356 e. The minimum absolute atomic E-state index is 0.442. The van der Waals surface area contributed by atoms with E-state index in [0.29, 0.717) is 4.90 Å². The maximum atomic E-state index is 10.3. The second-order valence-electron chi connectivity index (χ2n) is 4.42. The number of anilines is 2. The molecule has 0 radical (unpaired) electrons. The highest BCUT2D eigenvalue weighted by Crippen LogP contribution is 2.14. The van der Waals surface area contributed by atoms with Crippen LogP contribution in [0.3, 0.4) is 0 Å². The molecule has 0 aliphatic heterocycles. The van der Waals surface area contributed by atoms with E-state index in [-0.39, 0.29) is 0 Å². The van der Waals surface area contributed by atoms with Crippen LogP contribution in [0, 0.1) is 0 Å². The summed E-state index contributed by atoms with van der Waals surface area (Å²) in [7, 11) is 0. The van der Waals surface area contributed by atoms with Gasteiger partial charge in [0.05, 0.1) is 4.90 Å². The lowest BCUT2D eigenvalue weighted by molar-refractivity contribution is 0.564. The summed E-state index contributed by atoms with van der Waals surface area (Å²) in [6, 6.07) is 28.8. The van der Waals surface area contributed by atoms with Gasteiger partial charge in [-0.15, -0.1) is 0 Å². The first-order chi connectivity index (χ1) is 10.8. The van der Waals surface area contributed by atoms with Crippen LogP contribution in [0.1, 0.15) is 0 Å². The molecule has 4 heteroatoms. The lowest BCUT2D eigenvalue weighted by atomic mass is 10.3. The molecule has 0 fully saturated rings. The molecule has 0 spiro atoms. The highest BCUT2D eigenvalue weighted by molar-refractivity contribution is 7.79. The summed E-state index contributed by atoms with van der Waals surface area (Å²) in [5.74, 6) is 0. The molecule has 0 aliphatic rings. The molecule has 3 nitrogen and oxygen atoms in total. The van der Waals surface area contributed by atoms with Crippen molar-refractivity contribution >= 4 is 22.5 Å². The van der Waals surface area contributed by atoms with Crippen molar-refractivity contribution in [2.75, 3.05) is 5.32 Å². The van der Waals surface area contributed by atoms with Gasteiger partial charge in [0.1, 0.15) is 0 Å². The average Bonchev–Trinajstić information content (AvgIpc) is 2.58. The van der Waals surface area contributed by atoms with E-state index in [1.165, 1.54) is 0 Å². The number of hydrogen-bond donors (Lipinski definition) is 2. The SMILES string of the molecule is O=S(O)c1ccccc1.c1ccc(Nc2ccccc2)cc1. The Labute approximate surface area is 132 Å². The van der Waals surface area contributed by atoms with Gasteiger partial charge >= 0.3 is 0 Å². The van der Waals surface area contributed by atoms with Crippen LogP contribution in [0.15, 0.2) is 95.9 Å². The molecule has 22 heavy (non-hydrogen) atoms. The van der Waals surface area contributed by atoms with Gasteiger partial charge in [-0.2, -0.15) is 0 Å². The fourth-order valence-electron chi connectivity index (χ4n) is 1.75. The lowest BCUT2D eigenvalue weighted by Crippen LogP contribution is -1.87. The molecule has 3 aromatic rings. The molecule has 0 saturated heterocycles. The van der Waals surface area contributed by atoms with Crippen LogP contribution < -0.4 is 5.32 Å². The molecule has 0 aromatic heterocycles. The van der Waals surface area contributed by atoms with Crippen molar-refractivity contribution in [2.45, 2.75) is 4.90 Å². The normalized spacial score (nSPS) is 11.0. The van der Waals surface area contributed by atoms with E-state index in [1.807, 2.05) is 60.7 Å². The molecule has 1 atom stereocenters. The van der Waals surface area contributed by atoms with E-state index in [9.17, 15) is 4.21 Å². The first-order valence-electron chi connectivity index (χ1n) is 6.79. The van der Waals surface area contributed by atoms with Gasteiger partial charge in [0.25, 0.3) is 0 Å². The Morgan fingerprint density at radius 3 is 1.32 bits per heavy atom. The maximum absolute atomic E-state index is 10.3. The van der Waals surface area contributed by atoms with E-state index in [0.717, 1.165) is 11.4 Å². The third-order valence-corrected chi connectivity index (χ3v) is 3.46. The second-order valence-corrected chi connectivity index (χ2v) is 5.39. The average molecular weight is 311 g/mol. The Balaban J connectivity index is 0.000000172. The number of nitrogens with one attached hydrogen (secondary N) is 1. The summed E-state index contributed by atoms with van der Waals surface area (Å²) >= 11 is -1.83. The quantitative estimate of drug-likeness (QED) is 0.689. The van der Waals surface area contributed by atoms with Crippen LogP contribution in [-0.2, 0) is 11.1 Å². The third kappa shape index (κ3) is 5.52. The van der Waals surface area contributed by atoms with Crippen LogP contribution in [-0.4, -0.2) is 8.76 Å². The highest BCUT2D eigenvalue weighted by atomic mass is 32.2. The molecule has 1 unspecified atom stereocenters. The molecule has 2 N–H and O–H groups in total. The fourth-order valence-corrected chi connectivity index (χ4v) is 2.14. The molecule has 0 saturated carbocycles. The van der Waals surface area contributed by atoms with Gasteiger partial charge in [0.15, 0.2) is 11.1 Å². The largest absolute Gasteiger partial charge is 0.356 e. The maximum Gasteiger partial charge on any atom is 0.186 e. The number of hydrogen-bond acceptors (Lipinski definition) is 2. The molecule has 0 bridgehead atoms. The number of benzene rings is 3. The number of para-hydroxylation sites is 2. The van der Waals surface area contributed by atoms with Crippen LogP contribution in [0.5, 0.6) is 0 Å². The van der Waals surface area contributed by atoms with Crippen molar-refractivity contribution in [1.82, 2.24) is 0 Å². The molecular weight excluding hydrogens is 294 g/mol. The van der Waals surface area contributed by atoms with Crippen LogP contribution in [0.4, 0.5) is 11.4 Å². The second kappa shape index (κ2) is 8.77. The summed E-state index contributed by atoms with van der Waals surface area (Å²) in [5.41, 5.74) is 2.24. The molecule has 3 rings (SSSR count). The van der Waals surface area contributed by atoms with Crippen LogP contribution in [0.25, 0.3) is 0 Å². The van der Waals surface area contributed by atoms with Crippen molar-refractivity contribution < 1.29 is 8.76 Å². The van der Waals surface area contributed by atoms with Gasteiger partial charge in [-0.3, -0.25) is 0 Å². The summed E-state index contributed by atoms with van der Waals surface area (Å²) in [6.07, 6.45) is 0. The standard InChI is InChI=1S/C12H11N.C6H6O2S/c1-3-7-11(8-4-1)13-12-9-5-2-6-10-12;7-9(8)6-4-2-1-3-5-6/h1-10,13H;1-5H,(H,7,8). The zero-order valence-corrected chi connectivity index (χ0v) is 12.7. The van der Waals surface area contributed by atoms with Crippen molar-refractivity contribution in [1.29, 1.82) is 0 Å². The third-order valence-electron chi connectivity index (χ3n) is 2.78. The molecule has 112 valence electrons. The minimum atomic E-state index is -1.83. The van der Waals surface area contributed by atoms with Gasteiger partial charge in [0.2, 0.25) is 0 Å². The Kier molecular flexibility index (Phi) is 6.36. The smallest absolute Gasteiger partial charge is 0.186 e. The summed E-state index contributed by atoms with van der Waals surface area (Å²) < 4.78 is 18.8. The summed E-state index contributed by atoms with van der Waals surface area (Å²) in [4.78, 5) is 0.442. The van der Waals surface area contributed by atoms with Gasteiger partial charge in [-0.1, -0.05) is 54.6 Å². The topological polar surface area (TPSA) is 49.3 Å². The monoisotopic (exact) mass is 311 g/mol. The molecule has 0 amide bonds. The zero-order valence-electron chi connectivity index (χ0n) is 11.9. The van der Waals surface area contributed by atoms with Crippen molar-refractivity contribution in [3.8, 4) is 0 Å². The molecule has 3 aromatic carbocycles. The predicted octanol–water partition coefficient (Wildman–Crippen LogP) is 4.70. The summed E-state index contributed by atoms with van der Waals surface area (Å²) in [6.45, 7) is 0. The Morgan fingerprint density at radius 2 is 1.00 bits per heavy atom. The Bertz CT molecular complexity index is 651. The fraction of sp³-hybridized carbons (Fsp3) is 0. The van der Waals surface area contributed by atoms with E-state index in [2.05, 4.69) is 5.32 Å². The number of rotatable bonds is 3. The van der Waals surface area contributed by atoms with Crippen LogP contribution >= 0.6 is 0 Å². The van der Waals surface area contributed by atoms with Crippen LogP contribution in [0.2, 0.25) is 0 Å². The van der Waals surface area contributed by atoms with Gasteiger partial charge in [-0.05, 0) is 36.4 Å². The molecular formula is C18H17NO2S. The molecule has 0 heterocycles. The predicted molar refractivity (Wildman–Crippen MR) is 91.6 cm³/mol. The van der Waals surface area contributed by atoms with E-state index >= 15 is 0 Å². The van der Waals surface area contributed by atoms with E-state index in [1.54, 1.807) is 30.3 Å². The Morgan fingerprint density at radius 1 is 0.636 bits per heavy atom. The van der Waals surface area contributed by atoms with Gasteiger partial charge in [0, 0.05) is 11.4 Å². The van der Waals surface area contributed by atoms with Gasteiger partial charge in [-0.25, -0.2) is 4.21 Å². The first kappa shape index (κ1) is 15.9.